The molecule has 4 unspecified atom stereocenters. The molecule has 3 saturated heterocycles. The molecular formula is C11H17NO3. The van der Waals surface area contributed by atoms with Crippen LogP contribution in [0.2, 0.25) is 0 Å². The van der Waals surface area contributed by atoms with E-state index in [-0.39, 0.29) is 17.7 Å². The lowest BCUT2D eigenvalue weighted by molar-refractivity contribution is -0.173. The third kappa shape index (κ3) is 1.17. The van der Waals surface area contributed by atoms with Crippen LogP contribution in [0.5, 0.6) is 0 Å². The molecule has 4 heteroatoms. The molecule has 0 aliphatic carbocycles. The zero-order valence-corrected chi connectivity index (χ0v) is 9.19. The fourth-order valence-electron chi connectivity index (χ4n) is 3.21. The molecule has 0 aromatic carbocycles. The van der Waals surface area contributed by atoms with Crippen LogP contribution in [0, 0.1) is 5.92 Å². The second kappa shape index (κ2) is 3.30. The SMILES string of the molecule is CCC1(C(=O)O)C(=O)C2CCN1C(C)C2. The third-order valence-electron chi connectivity index (χ3n) is 4.01. The molecule has 3 rings (SSSR count). The summed E-state index contributed by atoms with van der Waals surface area (Å²) in [4.78, 5) is 25.4. The van der Waals surface area contributed by atoms with Gasteiger partial charge < -0.3 is 5.11 Å². The van der Waals surface area contributed by atoms with Crippen LogP contribution >= 0.6 is 0 Å². The maximum absolute atomic E-state index is 12.1. The lowest BCUT2D eigenvalue weighted by Gasteiger charge is -2.53. The molecule has 3 heterocycles. The van der Waals surface area contributed by atoms with Crippen molar-refractivity contribution in [3.05, 3.63) is 0 Å². The van der Waals surface area contributed by atoms with Crippen molar-refractivity contribution >= 4 is 11.8 Å². The number of Topliss-reactive ketones (excluding diaryl/α,β-unsaturated/α-hetero) is 1. The van der Waals surface area contributed by atoms with Crippen LogP contribution in [0.3, 0.4) is 0 Å². The van der Waals surface area contributed by atoms with Gasteiger partial charge in [-0.1, -0.05) is 6.92 Å². The Kier molecular flexibility index (Phi) is 2.34. The monoisotopic (exact) mass is 211 g/mol. The number of aliphatic carboxylic acids is 1. The van der Waals surface area contributed by atoms with Gasteiger partial charge in [-0.25, -0.2) is 4.79 Å². The van der Waals surface area contributed by atoms with Gasteiger partial charge in [0.15, 0.2) is 11.3 Å². The summed E-state index contributed by atoms with van der Waals surface area (Å²) in [6.45, 7) is 4.56. The molecule has 0 aromatic rings. The molecule has 1 N–H and O–H groups in total. The van der Waals surface area contributed by atoms with E-state index in [1.165, 1.54) is 0 Å². The van der Waals surface area contributed by atoms with E-state index in [1.807, 2.05) is 11.8 Å². The largest absolute Gasteiger partial charge is 0.480 e. The molecule has 2 bridgehead atoms. The van der Waals surface area contributed by atoms with Crippen LogP contribution in [-0.4, -0.2) is 39.9 Å². The van der Waals surface area contributed by atoms with Crippen molar-refractivity contribution in [1.29, 1.82) is 0 Å². The molecule has 0 spiro atoms. The van der Waals surface area contributed by atoms with Gasteiger partial charge in [0.05, 0.1) is 0 Å². The Labute approximate surface area is 89.3 Å². The number of rotatable bonds is 2. The molecule has 0 aromatic heterocycles. The average Bonchev–Trinajstić information content (AvgIpc) is 2.20. The van der Waals surface area contributed by atoms with Gasteiger partial charge in [0.25, 0.3) is 0 Å². The minimum Gasteiger partial charge on any atom is -0.480 e. The van der Waals surface area contributed by atoms with Crippen LogP contribution in [0.1, 0.15) is 33.1 Å². The fraction of sp³-hybridized carbons (Fsp3) is 0.818. The molecular weight excluding hydrogens is 194 g/mol. The quantitative estimate of drug-likeness (QED) is 0.689. The van der Waals surface area contributed by atoms with Crippen molar-refractivity contribution < 1.29 is 14.7 Å². The summed E-state index contributed by atoms with van der Waals surface area (Å²) in [6.07, 6.45) is 2.04. The van der Waals surface area contributed by atoms with Gasteiger partial charge in [-0.3, -0.25) is 9.69 Å². The van der Waals surface area contributed by atoms with E-state index in [0.717, 1.165) is 19.4 Å². The van der Waals surface area contributed by atoms with Gasteiger partial charge in [-0.05, 0) is 26.2 Å². The van der Waals surface area contributed by atoms with Crippen LogP contribution in [0.25, 0.3) is 0 Å². The molecule has 3 aliphatic heterocycles. The minimum absolute atomic E-state index is 0.0268. The minimum atomic E-state index is -1.22. The van der Waals surface area contributed by atoms with Crippen molar-refractivity contribution in [2.75, 3.05) is 6.54 Å². The molecule has 0 amide bonds. The summed E-state index contributed by atoms with van der Waals surface area (Å²) in [5.41, 5.74) is -1.22. The standard InChI is InChI=1S/C11H17NO3/c1-3-11(10(14)15)9(13)8-4-5-12(11)7(2)6-8/h7-8H,3-6H2,1-2H3,(H,14,15). The van der Waals surface area contributed by atoms with Crippen LogP contribution in [0.4, 0.5) is 0 Å². The van der Waals surface area contributed by atoms with Crippen LogP contribution in [-0.2, 0) is 9.59 Å². The number of fused-ring (bicyclic) bond motifs is 3. The van der Waals surface area contributed by atoms with Crippen molar-refractivity contribution in [3.8, 4) is 0 Å². The molecule has 15 heavy (non-hydrogen) atoms. The maximum Gasteiger partial charge on any atom is 0.331 e. The highest BCUT2D eigenvalue weighted by atomic mass is 16.4. The maximum atomic E-state index is 12.1. The van der Waals surface area contributed by atoms with E-state index in [4.69, 9.17) is 0 Å². The first-order valence-corrected chi connectivity index (χ1v) is 5.58. The van der Waals surface area contributed by atoms with Crippen LogP contribution in [0.15, 0.2) is 0 Å². The predicted octanol–water partition coefficient (Wildman–Crippen LogP) is 0.903. The Morgan fingerprint density at radius 3 is 2.73 bits per heavy atom. The highest BCUT2D eigenvalue weighted by molar-refractivity contribution is 6.09. The molecule has 84 valence electrons. The third-order valence-corrected chi connectivity index (χ3v) is 4.01. The zero-order valence-electron chi connectivity index (χ0n) is 9.19. The van der Waals surface area contributed by atoms with Gasteiger partial charge in [-0.15, -0.1) is 0 Å². The summed E-state index contributed by atoms with van der Waals surface area (Å²) >= 11 is 0. The smallest absolute Gasteiger partial charge is 0.331 e. The molecule has 3 aliphatic rings. The topological polar surface area (TPSA) is 57.6 Å². The second-order valence-electron chi connectivity index (χ2n) is 4.65. The van der Waals surface area contributed by atoms with Crippen LogP contribution < -0.4 is 0 Å². The lowest BCUT2D eigenvalue weighted by Crippen LogP contribution is -2.71. The first kappa shape index (κ1) is 10.6. The van der Waals surface area contributed by atoms with Crippen molar-refractivity contribution in [1.82, 2.24) is 4.90 Å². The van der Waals surface area contributed by atoms with Crippen molar-refractivity contribution in [2.24, 2.45) is 5.92 Å². The number of carbonyl (C=O) groups excluding carboxylic acids is 1. The van der Waals surface area contributed by atoms with E-state index in [2.05, 4.69) is 0 Å². The summed E-state index contributed by atoms with van der Waals surface area (Å²) in [6, 6.07) is 0.220. The summed E-state index contributed by atoms with van der Waals surface area (Å²) in [5.74, 6) is -1.06. The van der Waals surface area contributed by atoms with Gasteiger partial charge in [0.1, 0.15) is 0 Å². The van der Waals surface area contributed by atoms with E-state index in [1.54, 1.807) is 6.92 Å². The summed E-state index contributed by atoms with van der Waals surface area (Å²) < 4.78 is 0. The van der Waals surface area contributed by atoms with E-state index in [0.29, 0.717) is 6.42 Å². The van der Waals surface area contributed by atoms with E-state index < -0.39 is 11.5 Å². The second-order valence-corrected chi connectivity index (χ2v) is 4.65. The Balaban J connectivity index is 2.45. The lowest BCUT2D eigenvalue weighted by atomic mass is 9.69. The molecule has 0 saturated carbocycles. The number of piperidine rings is 3. The Bertz CT molecular complexity index is 315. The zero-order chi connectivity index (χ0) is 11.2. The number of carboxylic acid groups (broad SMARTS) is 1. The average molecular weight is 211 g/mol. The molecule has 4 atom stereocenters. The first-order valence-electron chi connectivity index (χ1n) is 5.58. The Morgan fingerprint density at radius 2 is 2.33 bits per heavy atom. The number of hydrogen-bond donors (Lipinski definition) is 1. The molecule has 0 radical (unpaired) electrons. The van der Waals surface area contributed by atoms with Gasteiger partial charge in [0.2, 0.25) is 0 Å². The number of carboxylic acids is 1. The summed E-state index contributed by atoms with van der Waals surface area (Å²) in [7, 11) is 0. The molecule has 4 nitrogen and oxygen atoms in total. The Morgan fingerprint density at radius 1 is 1.67 bits per heavy atom. The van der Waals surface area contributed by atoms with E-state index >= 15 is 0 Å². The predicted molar refractivity (Wildman–Crippen MR) is 54.6 cm³/mol. The molecule has 3 fully saturated rings. The number of nitrogens with zero attached hydrogens (tertiary/aromatic N) is 1. The Hall–Kier alpha value is -0.900. The van der Waals surface area contributed by atoms with Crippen molar-refractivity contribution in [2.45, 2.75) is 44.7 Å². The normalized spacial score (nSPS) is 44.4. The van der Waals surface area contributed by atoms with Gasteiger partial charge >= 0.3 is 5.97 Å². The van der Waals surface area contributed by atoms with E-state index in [9.17, 15) is 14.7 Å². The number of carbonyl (C=O) groups is 2. The van der Waals surface area contributed by atoms with Gasteiger partial charge in [-0.2, -0.15) is 0 Å². The number of hydrogen-bond acceptors (Lipinski definition) is 3. The summed E-state index contributed by atoms with van der Waals surface area (Å²) in [5, 5.41) is 9.34. The number of ketones is 1. The highest BCUT2D eigenvalue weighted by Crippen LogP contribution is 2.41. The van der Waals surface area contributed by atoms with Crippen molar-refractivity contribution in [3.63, 3.8) is 0 Å². The fourth-order valence-corrected chi connectivity index (χ4v) is 3.21. The highest BCUT2D eigenvalue weighted by Gasteiger charge is 2.59. The first-order chi connectivity index (χ1) is 7.04. The van der Waals surface area contributed by atoms with Gasteiger partial charge in [0, 0.05) is 18.5 Å².